The SMILES string of the molecule is COc1cc(F)c(CN2CCC3(CC2)OCC[C@@](C)(O)[C@@H]3O)c(F)c1. The molecule has 0 bridgehead atoms. The number of methoxy groups -OCH3 is 1. The largest absolute Gasteiger partial charge is 0.497 e. The van der Waals surface area contributed by atoms with Crippen LogP contribution in [0.25, 0.3) is 0 Å². The first-order valence-corrected chi connectivity index (χ1v) is 8.56. The molecular weight excluding hydrogens is 332 g/mol. The van der Waals surface area contributed by atoms with Crippen molar-refractivity contribution in [1.29, 1.82) is 0 Å². The van der Waals surface area contributed by atoms with E-state index in [9.17, 15) is 19.0 Å². The van der Waals surface area contributed by atoms with Crippen molar-refractivity contribution >= 4 is 0 Å². The quantitative estimate of drug-likeness (QED) is 0.864. The first-order valence-electron chi connectivity index (χ1n) is 8.56. The minimum atomic E-state index is -1.17. The Kier molecular flexibility index (Phi) is 5.03. The molecule has 1 aromatic rings. The zero-order chi connectivity index (χ0) is 18.2. The molecule has 0 amide bonds. The Morgan fingerprint density at radius 2 is 1.84 bits per heavy atom. The van der Waals surface area contributed by atoms with E-state index >= 15 is 0 Å². The molecule has 0 unspecified atom stereocenters. The summed E-state index contributed by atoms with van der Waals surface area (Å²) in [5.74, 6) is -1.11. The number of hydrogen-bond acceptors (Lipinski definition) is 5. The van der Waals surface area contributed by atoms with Gasteiger partial charge in [0, 0.05) is 43.8 Å². The fraction of sp³-hybridized carbons (Fsp3) is 0.667. The first kappa shape index (κ1) is 18.5. The van der Waals surface area contributed by atoms with Crippen molar-refractivity contribution in [1.82, 2.24) is 4.90 Å². The maximum absolute atomic E-state index is 14.1. The first-order chi connectivity index (χ1) is 11.8. The molecule has 5 nitrogen and oxygen atoms in total. The van der Waals surface area contributed by atoms with Gasteiger partial charge in [0.15, 0.2) is 0 Å². The van der Waals surface area contributed by atoms with Crippen LogP contribution in [-0.2, 0) is 11.3 Å². The second kappa shape index (κ2) is 6.79. The molecule has 0 radical (unpaired) electrons. The second-order valence-corrected chi connectivity index (χ2v) is 7.27. The predicted octanol–water partition coefficient (Wildman–Crippen LogP) is 1.84. The van der Waals surface area contributed by atoms with E-state index in [-0.39, 0.29) is 17.9 Å². The Morgan fingerprint density at radius 3 is 2.40 bits per heavy atom. The highest BCUT2D eigenvalue weighted by atomic mass is 19.1. The molecule has 1 spiro atoms. The van der Waals surface area contributed by atoms with Gasteiger partial charge < -0.3 is 19.7 Å². The van der Waals surface area contributed by atoms with Gasteiger partial charge in [0.25, 0.3) is 0 Å². The van der Waals surface area contributed by atoms with E-state index in [0.29, 0.717) is 39.0 Å². The summed E-state index contributed by atoms with van der Waals surface area (Å²) in [7, 11) is 1.36. The number of piperidine rings is 1. The standard InChI is InChI=1S/C18H25F2NO4/c1-17(23)5-8-25-18(16(17)22)3-6-21(7-4-18)11-13-14(19)9-12(24-2)10-15(13)20/h9-10,16,22-23H,3-8,11H2,1-2H3/t16-,17+/m0/s1. The number of nitrogens with zero attached hydrogens (tertiary/aromatic N) is 1. The van der Waals surface area contributed by atoms with Crippen LogP contribution in [0.5, 0.6) is 5.75 Å². The number of likely N-dealkylation sites (tertiary alicyclic amines) is 1. The molecule has 2 aliphatic heterocycles. The van der Waals surface area contributed by atoms with Crippen LogP contribution in [-0.4, -0.2) is 59.2 Å². The van der Waals surface area contributed by atoms with Gasteiger partial charge in [-0.1, -0.05) is 0 Å². The third-order valence-corrected chi connectivity index (χ3v) is 5.52. The van der Waals surface area contributed by atoms with E-state index in [1.165, 1.54) is 19.2 Å². The van der Waals surface area contributed by atoms with Crippen LogP contribution >= 0.6 is 0 Å². The molecule has 2 saturated heterocycles. The maximum atomic E-state index is 14.1. The third kappa shape index (κ3) is 3.51. The Balaban J connectivity index is 1.67. The topological polar surface area (TPSA) is 62.2 Å². The van der Waals surface area contributed by atoms with E-state index in [1.54, 1.807) is 6.92 Å². The average Bonchev–Trinajstić information content (AvgIpc) is 2.57. The van der Waals surface area contributed by atoms with E-state index in [1.807, 2.05) is 4.90 Å². The number of hydrogen-bond donors (Lipinski definition) is 2. The van der Waals surface area contributed by atoms with Crippen LogP contribution in [0.1, 0.15) is 31.7 Å². The lowest BCUT2D eigenvalue weighted by atomic mass is 9.75. The van der Waals surface area contributed by atoms with Gasteiger partial charge in [0.2, 0.25) is 0 Å². The van der Waals surface area contributed by atoms with Crippen molar-refractivity contribution in [3.05, 3.63) is 29.3 Å². The van der Waals surface area contributed by atoms with Crippen molar-refractivity contribution in [3.8, 4) is 5.75 Å². The number of rotatable bonds is 3. The summed E-state index contributed by atoms with van der Waals surface area (Å²) in [4.78, 5) is 1.93. The van der Waals surface area contributed by atoms with Crippen molar-refractivity contribution in [3.63, 3.8) is 0 Å². The normalized spacial score (nSPS) is 29.8. The van der Waals surface area contributed by atoms with Crippen molar-refractivity contribution in [2.75, 3.05) is 26.8 Å². The Labute approximate surface area is 146 Å². The maximum Gasteiger partial charge on any atom is 0.134 e. The summed E-state index contributed by atoms with van der Waals surface area (Å²) in [6.45, 7) is 3.21. The van der Waals surface area contributed by atoms with Crippen LogP contribution in [0.2, 0.25) is 0 Å². The van der Waals surface area contributed by atoms with Gasteiger partial charge in [-0.25, -0.2) is 8.78 Å². The molecule has 0 saturated carbocycles. The summed E-state index contributed by atoms with van der Waals surface area (Å²) >= 11 is 0. The van der Waals surface area contributed by atoms with Crippen LogP contribution in [0.4, 0.5) is 8.78 Å². The van der Waals surface area contributed by atoms with Gasteiger partial charge in [-0.3, -0.25) is 4.90 Å². The molecule has 2 fully saturated rings. The Morgan fingerprint density at radius 1 is 1.24 bits per heavy atom. The molecule has 140 valence electrons. The van der Waals surface area contributed by atoms with Crippen molar-refractivity contribution < 1.29 is 28.5 Å². The highest BCUT2D eigenvalue weighted by Gasteiger charge is 2.52. The van der Waals surface area contributed by atoms with Crippen LogP contribution in [0.3, 0.4) is 0 Å². The highest BCUT2D eigenvalue weighted by Crippen LogP contribution is 2.40. The fourth-order valence-electron chi connectivity index (χ4n) is 3.82. The summed E-state index contributed by atoms with van der Waals surface area (Å²) < 4.78 is 38.9. The molecule has 0 aromatic heterocycles. The molecule has 2 N–H and O–H groups in total. The number of aliphatic hydroxyl groups excluding tert-OH is 1. The van der Waals surface area contributed by atoms with E-state index in [0.717, 1.165) is 0 Å². The van der Waals surface area contributed by atoms with E-state index in [4.69, 9.17) is 9.47 Å². The number of ether oxygens (including phenoxy) is 2. The van der Waals surface area contributed by atoms with E-state index < -0.39 is 28.9 Å². The number of halogens is 2. The average molecular weight is 357 g/mol. The van der Waals surface area contributed by atoms with Crippen LogP contribution < -0.4 is 4.74 Å². The Bertz CT molecular complexity index is 606. The van der Waals surface area contributed by atoms with Crippen molar-refractivity contribution in [2.45, 2.75) is 50.0 Å². The summed E-state index contributed by atoms with van der Waals surface area (Å²) in [6.07, 6.45) is 0.431. The number of aliphatic hydroxyl groups is 2. The molecule has 3 rings (SSSR count). The van der Waals surface area contributed by atoms with Gasteiger partial charge in [0.05, 0.1) is 24.9 Å². The fourth-order valence-corrected chi connectivity index (χ4v) is 3.82. The summed E-state index contributed by atoms with van der Waals surface area (Å²) in [5.41, 5.74) is -1.95. The predicted molar refractivity (Wildman–Crippen MR) is 87.4 cm³/mol. The molecule has 1 aromatic carbocycles. The van der Waals surface area contributed by atoms with Crippen molar-refractivity contribution in [2.24, 2.45) is 0 Å². The minimum Gasteiger partial charge on any atom is -0.497 e. The molecule has 0 aliphatic carbocycles. The van der Waals surface area contributed by atoms with Gasteiger partial charge in [-0.15, -0.1) is 0 Å². The zero-order valence-electron chi connectivity index (χ0n) is 14.6. The molecule has 2 aliphatic rings. The summed E-state index contributed by atoms with van der Waals surface area (Å²) in [5, 5.41) is 20.8. The molecule has 7 heteroatoms. The lowest BCUT2D eigenvalue weighted by Gasteiger charge is -2.51. The van der Waals surface area contributed by atoms with Gasteiger partial charge >= 0.3 is 0 Å². The Hall–Kier alpha value is -1.28. The van der Waals surface area contributed by atoms with Gasteiger partial charge in [-0.05, 0) is 19.8 Å². The summed E-state index contributed by atoms with van der Waals surface area (Å²) in [6, 6.07) is 2.35. The van der Waals surface area contributed by atoms with E-state index in [2.05, 4.69) is 0 Å². The molecule has 2 heterocycles. The lowest BCUT2D eigenvalue weighted by molar-refractivity contribution is -0.246. The van der Waals surface area contributed by atoms with Crippen LogP contribution in [0, 0.1) is 11.6 Å². The smallest absolute Gasteiger partial charge is 0.134 e. The molecular formula is C18H25F2NO4. The molecule has 2 atom stereocenters. The lowest BCUT2D eigenvalue weighted by Crippen LogP contribution is -2.64. The minimum absolute atomic E-state index is 0.00820. The zero-order valence-corrected chi connectivity index (χ0v) is 14.6. The third-order valence-electron chi connectivity index (χ3n) is 5.52. The monoisotopic (exact) mass is 357 g/mol. The highest BCUT2D eigenvalue weighted by molar-refractivity contribution is 5.30. The molecule has 25 heavy (non-hydrogen) atoms. The van der Waals surface area contributed by atoms with Gasteiger partial charge in [0.1, 0.15) is 23.5 Å². The van der Waals surface area contributed by atoms with Gasteiger partial charge in [-0.2, -0.15) is 0 Å². The number of benzene rings is 1. The van der Waals surface area contributed by atoms with Crippen LogP contribution in [0.15, 0.2) is 12.1 Å². The second-order valence-electron chi connectivity index (χ2n) is 7.27.